The van der Waals surface area contributed by atoms with Crippen LogP contribution in [0, 0.1) is 5.92 Å². The van der Waals surface area contributed by atoms with E-state index in [9.17, 15) is 9.59 Å². The molecule has 2 amide bonds. The number of amides is 2. The van der Waals surface area contributed by atoms with Gasteiger partial charge in [0, 0.05) is 37.5 Å². The molecule has 0 aliphatic carbocycles. The van der Waals surface area contributed by atoms with E-state index in [1.165, 1.54) is 0 Å². The molecule has 4 heterocycles. The molecule has 3 aliphatic rings. The Kier molecular flexibility index (Phi) is 7.31. The number of hydrogen-bond donors (Lipinski definition) is 3. The van der Waals surface area contributed by atoms with Gasteiger partial charge in [0.2, 0.25) is 11.8 Å². The van der Waals surface area contributed by atoms with Gasteiger partial charge < -0.3 is 20.1 Å². The van der Waals surface area contributed by atoms with Crippen LogP contribution in [0.25, 0.3) is 11.1 Å². The van der Waals surface area contributed by atoms with E-state index < -0.39 is 0 Å². The first-order valence-corrected chi connectivity index (χ1v) is 12.4. The highest BCUT2D eigenvalue weighted by Crippen LogP contribution is 2.26. The average molecular weight is 483 g/mol. The van der Waals surface area contributed by atoms with Gasteiger partial charge in [-0.3, -0.25) is 24.5 Å². The Bertz CT molecular complexity index is 1020. The molecule has 3 unspecified atom stereocenters. The van der Waals surface area contributed by atoms with E-state index in [4.69, 9.17) is 9.47 Å². The summed E-state index contributed by atoms with van der Waals surface area (Å²) in [5.41, 5.74) is 2.20. The Balaban J connectivity index is 1.05. The zero-order valence-electron chi connectivity index (χ0n) is 20.1. The minimum Gasteiger partial charge on any atom is -0.497 e. The zero-order valence-corrected chi connectivity index (χ0v) is 20.1. The Morgan fingerprint density at radius 2 is 2.00 bits per heavy atom. The van der Waals surface area contributed by atoms with Gasteiger partial charge in [0.1, 0.15) is 5.75 Å². The second-order valence-corrected chi connectivity index (χ2v) is 9.55. The lowest BCUT2D eigenvalue weighted by Gasteiger charge is -2.40. The van der Waals surface area contributed by atoms with Gasteiger partial charge in [-0.05, 0) is 37.0 Å². The lowest BCUT2D eigenvalue weighted by atomic mass is 9.92. The SMILES string of the molecule is COc1ccc(-c2cnn(C3CCN(CC(=O)NCC4NC(=O)C5COCCC5N4)CC3)c2)cc1. The first-order chi connectivity index (χ1) is 17.1. The summed E-state index contributed by atoms with van der Waals surface area (Å²) in [7, 11) is 1.66. The number of piperidine rings is 1. The summed E-state index contributed by atoms with van der Waals surface area (Å²) >= 11 is 0. The van der Waals surface area contributed by atoms with Crippen molar-refractivity contribution in [2.75, 3.05) is 46.5 Å². The number of aromatic nitrogens is 2. The highest BCUT2D eigenvalue weighted by atomic mass is 16.5. The van der Waals surface area contributed by atoms with Gasteiger partial charge in [0.15, 0.2) is 0 Å². The third-order valence-corrected chi connectivity index (χ3v) is 7.25. The summed E-state index contributed by atoms with van der Waals surface area (Å²) in [5.74, 6) is 0.683. The van der Waals surface area contributed by atoms with Crippen LogP contribution < -0.4 is 20.7 Å². The van der Waals surface area contributed by atoms with Crippen LogP contribution in [0.4, 0.5) is 0 Å². The van der Waals surface area contributed by atoms with E-state index >= 15 is 0 Å². The van der Waals surface area contributed by atoms with Crippen molar-refractivity contribution in [3.63, 3.8) is 0 Å². The molecule has 188 valence electrons. The number of benzene rings is 1. The molecule has 5 rings (SSSR count). The van der Waals surface area contributed by atoms with Crippen LogP contribution in [0.5, 0.6) is 5.75 Å². The summed E-state index contributed by atoms with van der Waals surface area (Å²) in [6.45, 7) is 3.56. The summed E-state index contributed by atoms with van der Waals surface area (Å²) in [5, 5.41) is 13.9. The number of nitrogens with one attached hydrogen (secondary N) is 3. The first-order valence-electron chi connectivity index (χ1n) is 12.4. The molecular weight excluding hydrogens is 448 g/mol. The standard InChI is InChI=1S/C25H34N6O4/c1-34-20-4-2-17(3-5-20)18-12-27-31(14-18)19-6-9-30(10-7-19)15-24(32)26-13-23-28-22-8-11-35-16-21(22)25(33)29-23/h2-5,12,14,19,21-23,28H,6-11,13,15-16H2,1H3,(H,26,32)(H,29,33). The van der Waals surface area contributed by atoms with Crippen LogP contribution in [-0.4, -0.2) is 85.2 Å². The largest absolute Gasteiger partial charge is 0.497 e. The van der Waals surface area contributed by atoms with Gasteiger partial charge >= 0.3 is 0 Å². The molecule has 0 saturated carbocycles. The quantitative estimate of drug-likeness (QED) is 0.535. The number of likely N-dealkylation sites (tertiary alicyclic amines) is 1. The van der Waals surface area contributed by atoms with Crippen LogP contribution in [0.1, 0.15) is 25.3 Å². The van der Waals surface area contributed by atoms with Crippen LogP contribution in [0.2, 0.25) is 0 Å². The monoisotopic (exact) mass is 482 g/mol. The van der Waals surface area contributed by atoms with Gasteiger partial charge in [-0.2, -0.15) is 5.10 Å². The van der Waals surface area contributed by atoms with Crippen LogP contribution in [0.15, 0.2) is 36.7 Å². The number of carbonyl (C=O) groups excluding carboxylic acids is 2. The van der Waals surface area contributed by atoms with E-state index in [1.54, 1.807) is 7.11 Å². The minimum absolute atomic E-state index is 0.00328. The van der Waals surface area contributed by atoms with Crippen LogP contribution >= 0.6 is 0 Å². The molecule has 0 spiro atoms. The number of methoxy groups -OCH3 is 1. The number of hydrogen-bond acceptors (Lipinski definition) is 7. The molecule has 1 aromatic heterocycles. The maximum absolute atomic E-state index is 12.5. The topological polar surface area (TPSA) is 110 Å². The van der Waals surface area contributed by atoms with E-state index in [0.29, 0.717) is 32.3 Å². The van der Waals surface area contributed by atoms with Crippen LogP contribution in [0.3, 0.4) is 0 Å². The Morgan fingerprint density at radius 1 is 1.20 bits per heavy atom. The lowest BCUT2D eigenvalue weighted by molar-refractivity contribution is -0.135. The van der Waals surface area contributed by atoms with E-state index in [2.05, 4.69) is 36.8 Å². The summed E-state index contributed by atoms with van der Waals surface area (Å²) in [6, 6.07) is 8.43. The van der Waals surface area contributed by atoms with Crippen molar-refractivity contribution in [3.05, 3.63) is 36.7 Å². The second kappa shape index (κ2) is 10.8. The average Bonchev–Trinajstić information content (AvgIpc) is 3.38. The minimum atomic E-state index is -0.240. The molecule has 3 atom stereocenters. The predicted octanol–water partition coefficient (Wildman–Crippen LogP) is 0.762. The first kappa shape index (κ1) is 23.8. The summed E-state index contributed by atoms with van der Waals surface area (Å²) in [6.07, 6.45) is 6.47. The highest BCUT2D eigenvalue weighted by molar-refractivity contribution is 5.81. The number of ether oxygens (including phenoxy) is 2. The van der Waals surface area contributed by atoms with Gasteiger partial charge in [-0.25, -0.2) is 0 Å². The van der Waals surface area contributed by atoms with E-state index in [-0.39, 0.29) is 29.9 Å². The van der Waals surface area contributed by atoms with Gasteiger partial charge in [-0.15, -0.1) is 0 Å². The summed E-state index contributed by atoms with van der Waals surface area (Å²) < 4.78 is 12.7. The van der Waals surface area contributed by atoms with Gasteiger partial charge in [0.25, 0.3) is 0 Å². The van der Waals surface area contributed by atoms with E-state index in [1.807, 2.05) is 30.5 Å². The Hall–Kier alpha value is -2.95. The molecule has 3 fully saturated rings. The molecule has 35 heavy (non-hydrogen) atoms. The number of fused-ring (bicyclic) bond motifs is 1. The van der Waals surface area contributed by atoms with Crippen molar-refractivity contribution in [1.29, 1.82) is 0 Å². The molecule has 2 aromatic rings. The lowest BCUT2D eigenvalue weighted by Crippen LogP contribution is -2.66. The maximum atomic E-state index is 12.5. The fraction of sp³-hybridized carbons (Fsp3) is 0.560. The van der Waals surface area contributed by atoms with E-state index in [0.717, 1.165) is 49.2 Å². The van der Waals surface area contributed by atoms with Gasteiger partial charge in [0.05, 0.1) is 51.1 Å². The molecule has 0 bridgehead atoms. The van der Waals surface area contributed by atoms with Crippen molar-refractivity contribution < 1.29 is 19.1 Å². The fourth-order valence-corrected chi connectivity index (χ4v) is 5.17. The predicted molar refractivity (Wildman–Crippen MR) is 130 cm³/mol. The Morgan fingerprint density at radius 3 is 2.77 bits per heavy atom. The van der Waals surface area contributed by atoms with Gasteiger partial charge in [-0.1, -0.05) is 12.1 Å². The second-order valence-electron chi connectivity index (χ2n) is 9.55. The van der Waals surface area contributed by atoms with Crippen LogP contribution in [-0.2, 0) is 14.3 Å². The molecule has 1 aromatic carbocycles. The molecule has 0 radical (unpaired) electrons. The third-order valence-electron chi connectivity index (χ3n) is 7.25. The molecular formula is C25H34N6O4. The molecule has 3 saturated heterocycles. The molecule has 3 N–H and O–H groups in total. The molecule has 3 aliphatic heterocycles. The summed E-state index contributed by atoms with van der Waals surface area (Å²) in [4.78, 5) is 27.0. The number of nitrogens with zero attached hydrogens (tertiary/aromatic N) is 3. The fourth-order valence-electron chi connectivity index (χ4n) is 5.17. The number of carbonyl (C=O) groups is 2. The zero-order chi connectivity index (χ0) is 24.2. The normalized spacial score (nSPS) is 25.5. The third kappa shape index (κ3) is 5.66. The van der Waals surface area contributed by atoms with Crippen molar-refractivity contribution >= 4 is 11.8 Å². The molecule has 10 heteroatoms. The van der Waals surface area contributed by atoms with Crippen molar-refractivity contribution in [2.45, 2.75) is 37.5 Å². The smallest absolute Gasteiger partial charge is 0.234 e. The van der Waals surface area contributed by atoms with Crippen molar-refractivity contribution in [2.24, 2.45) is 5.92 Å². The van der Waals surface area contributed by atoms with Crippen molar-refractivity contribution in [3.8, 4) is 16.9 Å². The Labute approximate surface area is 205 Å². The van der Waals surface area contributed by atoms with Crippen molar-refractivity contribution in [1.82, 2.24) is 30.6 Å². The number of rotatable bonds is 7. The maximum Gasteiger partial charge on any atom is 0.234 e. The molecule has 10 nitrogen and oxygen atoms in total. The highest BCUT2D eigenvalue weighted by Gasteiger charge is 2.38.